The van der Waals surface area contributed by atoms with Gasteiger partial charge in [-0.2, -0.15) is 0 Å². The lowest BCUT2D eigenvalue weighted by atomic mass is 10.0. The van der Waals surface area contributed by atoms with E-state index in [9.17, 15) is 48.6 Å². The summed E-state index contributed by atoms with van der Waals surface area (Å²) in [5, 5.41) is 41.5. The van der Waals surface area contributed by atoms with Crippen LogP contribution in [0.3, 0.4) is 0 Å². The predicted octanol–water partition coefficient (Wildman–Crippen LogP) is -0.376. The van der Waals surface area contributed by atoms with Crippen molar-refractivity contribution in [1.29, 1.82) is 5.41 Å². The van der Waals surface area contributed by atoms with Crippen molar-refractivity contribution < 1.29 is 48.6 Å². The van der Waals surface area contributed by atoms with Gasteiger partial charge in [-0.1, -0.05) is 90.9 Å². The summed E-state index contributed by atoms with van der Waals surface area (Å²) in [4.78, 5) is 101. The molecule has 0 aliphatic rings. The third-order valence-electron chi connectivity index (χ3n) is 9.42. The van der Waals surface area contributed by atoms with Crippen LogP contribution in [0.25, 0.3) is 0 Å². The van der Waals surface area contributed by atoms with Crippen molar-refractivity contribution in [3.63, 3.8) is 0 Å². The quantitative estimate of drug-likeness (QED) is 0.0289. The molecule has 13 N–H and O–H groups in total. The lowest BCUT2D eigenvalue weighted by Crippen LogP contribution is -2.60. The van der Waals surface area contributed by atoms with E-state index in [4.69, 9.17) is 16.9 Å². The largest absolute Gasteiger partial charge is 0.394 e. The number of aliphatic hydroxyl groups excluding tert-OH is 2. The van der Waals surface area contributed by atoms with Crippen molar-refractivity contribution in [2.75, 3.05) is 19.8 Å². The van der Waals surface area contributed by atoms with E-state index in [1.54, 1.807) is 0 Å². The highest BCUT2D eigenvalue weighted by Gasteiger charge is 2.32. The zero-order chi connectivity index (χ0) is 43.9. The van der Waals surface area contributed by atoms with Crippen LogP contribution in [0.5, 0.6) is 0 Å². The van der Waals surface area contributed by atoms with Crippen molar-refractivity contribution in [3.05, 3.63) is 0 Å². The van der Waals surface area contributed by atoms with Crippen LogP contribution in [-0.2, 0) is 38.4 Å². The smallest absolute Gasteiger partial charge is 0.245 e. The van der Waals surface area contributed by atoms with Crippen molar-refractivity contribution in [3.8, 4) is 0 Å². The van der Waals surface area contributed by atoms with Gasteiger partial charge < -0.3 is 59.0 Å². The van der Waals surface area contributed by atoms with Crippen LogP contribution in [-0.4, -0.2) is 120 Å². The summed E-state index contributed by atoms with van der Waals surface area (Å²) in [6.45, 7) is 3.14. The van der Waals surface area contributed by atoms with Gasteiger partial charge in [-0.25, -0.2) is 0 Å². The fraction of sp³-hybridized carbons (Fsp3) is 0.769. The number of unbranched alkanes of at least 4 members (excludes halogenated alkanes) is 11. The first-order valence-corrected chi connectivity index (χ1v) is 20.7. The summed E-state index contributed by atoms with van der Waals surface area (Å²) in [5.41, 5.74) is 11.1. The maximum Gasteiger partial charge on any atom is 0.245 e. The second-order valence-electron chi connectivity index (χ2n) is 14.6. The van der Waals surface area contributed by atoms with E-state index in [1.807, 2.05) is 6.92 Å². The van der Waals surface area contributed by atoms with Crippen molar-refractivity contribution in [2.24, 2.45) is 11.5 Å². The number of amides is 7. The summed E-state index contributed by atoms with van der Waals surface area (Å²) < 4.78 is 0. The molecule has 6 atom stereocenters. The topological polar surface area (TPSA) is 325 Å². The third-order valence-corrected chi connectivity index (χ3v) is 9.42. The van der Waals surface area contributed by atoms with Crippen LogP contribution < -0.4 is 43.4 Å². The van der Waals surface area contributed by atoms with Gasteiger partial charge in [0, 0.05) is 25.1 Å². The minimum atomic E-state index is -1.58. The zero-order valence-corrected chi connectivity index (χ0v) is 34.7. The third kappa shape index (κ3) is 25.0. The molecule has 0 aliphatic carbocycles. The first-order chi connectivity index (χ1) is 27.6. The Morgan fingerprint density at radius 2 is 1.02 bits per heavy atom. The number of Topliss-reactive ketones (excluding diaryl/α,β-unsaturated/α-hetero) is 1. The SMILES string of the molecule is CCCCCCCCCCCCCC(=O)NCC(=O)N[C@@H](CO)C(=O)N[C@H](CCC(N)=O)C(=O)N[C@@H](CC(N)C=N)C(=O)N[C@@H](CO)C(=O)N[C@@H](CCCC)C(C)=O. The minimum absolute atomic E-state index is 0.224. The van der Waals surface area contributed by atoms with Gasteiger partial charge in [-0.05, 0) is 32.6 Å². The Balaban J connectivity index is 5.39. The number of nitrogens with one attached hydrogen (secondary N) is 7. The van der Waals surface area contributed by atoms with Crippen molar-refractivity contribution in [2.45, 2.75) is 173 Å². The number of hydrogen-bond donors (Lipinski definition) is 11. The van der Waals surface area contributed by atoms with Gasteiger partial charge in [-0.3, -0.25) is 38.4 Å². The summed E-state index contributed by atoms with van der Waals surface area (Å²) in [5.74, 6) is -6.22. The van der Waals surface area contributed by atoms with Gasteiger partial charge in [0.05, 0.1) is 25.8 Å². The lowest BCUT2D eigenvalue weighted by Gasteiger charge is -2.27. The van der Waals surface area contributed by atoms with Crippen LogP contribution in [0.4, 0.5) is 0 Å². The van der Waals surface area contributed by atoms with E-state index >= 15 is 0 Å². The maximum atomic E-state index is 13.5. The molecule has 7 amide bonds. The molecule has 0 heterocycles. The molecule has 0 saturated carbocycles. The number of ketones is 1. The zero-order valence-electron chi connectivity index (χ0n) is 34.7. The standard InChI is InChI=1S/C39H71N9O10/c1-4-6-8-9-10-11-12-13-14-15-16-18-34(53)43-23-35(54)44-31(24-49)38(57)46-29(19-20-33(42)52)36(55)47-30(21-27(41)22-40)37(56)48-32(25-50)39(58)45-28(26(3)51)17-7-5-2/h22,27-32,40,49-50H,4-21,23-25,41H2,1-3H3,(H2,42,52)(H,43,53)(H,44,54)(H,45,58)(H,46,57)(H,47,55)(H,48,56)/t27?,28-,29+,30-,31-,32-/m0/s1. The molecule has 0 radical (unpaired) electrons. The van der Waals surface area contributed by atoms with Gasteiger partial charge in [0.2, 0.25) is 41.4 Å². The van der Waals surface area contributed by atoms with Crippen molar-refractivity contribution >= 4 is 53.3 Å². The molecule has 0 aromatic carbocycles. The number of rotatable bonds is 35. The Morgan fingerprint density at radius 1 is 0.569 bits per heavy atom. The maximum absolute atomic E-state index is 13.5. The van der Waals surface area contributed by atoms with E-state index in [-0.39, 0.29) is 31.0 Å². The molecular weight excluding hydrogens is 754 g/mol. The van der Waals surface area contributed by atoms with E-state index in [2.05, 4.69) is 38.8 Å². The van der Waals surface area contributed by atoms with E-state index < -0.39 is 97.9 Å². The molecule has 58 heavy (non-hydrogen) atoms. The highest BCUT2D eigenvalue weighted by atomic mass is 16.3. The van der Waals surface area contributed by atoms with Crippen LogP contribution in [0, 0.1) is 5.41 Å². The molecule has 0 bridgehead atoms. The van der Waals surface area contributed by atoms with Crippen LogP contribution in [0.15, 0.2) is 0 Å². The summed E-state index contributed by atoms with van der Waals surface area (Å²) in [6, 6.07) is -8.13. The summed E-state index contributed by atoms with van der Waals surface area (Å²) in [6.07, 6.45) is 14.0. The molecule has 332 valence electrons. The monoisotopic (exact) mass is 826 g/mol. The van der Waals surface area contributed by atoms with Gasteiger partial charge in [0.15, 0.2) is 5.78 Å². The molecular formula is C39H71N9O10. The molecule has 0 aromatic rings. The van der Waals surface area contributed by atoms with Gasteiger partial charge >= 0.3 is 0 Å². The second-order valence-corrected chi connectivity index (χ2v) is 14.6. The van der Waals surface area contributed by atoms with Gasteiger partial charge in [-0.15, -0.1) is 0 Å². The predicted molar refractivity (Wildman–Crippen MR) is 218 cm³/mol. The molecule has 0 fully saturated rings. The molecule has 0 aromatic heterocycles. The second kappa shape index (κ2) is 32.5. The number of nitrogens with two attached hydrogens (primary N) is 2. The van der Waals surface area contributed by atoms with E-state index in [0.29, 0.717) is 19.3 Å². The number of carbonyl (C=O) groups excluding carboxylic acids is 8. The first kappa shape index (κ1) is 53.5. The normalized spacial score (nSPS) is 14.0. The molecule has 0 spiro atoms. The van der Waals surface area contributed by atoms with Gasteiger partial charge in [0.25, 0.3) is 0 Å². The van der Waals surface area contributed by atoms with E-state index in [1.165, 1.54) is 51.9 Å². The average Bonchev–Trinajstić information content (AvgIpc) is 3.19. The molecule has 1 unspecified atom stereocenters. The highest BCUT2D eigenvalue weighted by molar-refractivity contribution is 5.97. The minimum Gasteiger partial charge on any atom is -0.394 e. The highest BCUT2D eigenvalue weighted by Crippen LogP contribution is 2.12. The van der Waals surface area contributed by atoms with E-state index in [0.717, 1.165) is 31.9 Å². The van der Waals surface area contributed by atoms with Crippen LogP contribution >= 0.6 is 0 Å². The van der Waals surface area contributed by atoms with Crippen molar-refractivity contribution in [1.82, 2.24) is 31.9 Å². The molecule has 0 saturated heterocycles. The summed E-state index contributed by atoms with van der Waals surface area (Å²) in [7, 11) is 0. The first-order valence-electron chi connectivity index (χ1n) is 20.7. The molecule has 0 aliphatic heterocycles. The molecule has 19 nitrogen and oxygen atoms in total. The number of aliphatic hydroxyl groups is 2. The molecule has 0 rings (SSSR count). The average molecular weight is 826 g/mol. The lowest BCUT2D eigenvalue weighted by molar-refractivity contribution is -0.136. The number of hydrogen-bond acceptors (Lipinski definition) is 12. The Labute approximate surface area is 342 Å². The molecule has 19 heteroatoms. The fourth-order valence-electron chi connectivity index (χ4n) is 5.85. The Hall–Kier alpha value is -4.49. The number of primary amides is 1. The van der Waals surface area contributed by atoms with Crippen LogP contribution in [0.2, 0.25) is 0 Å². The fourth-order valence-corrected chi connectivity index (χ4v) is 5.85. The van der Waals surface area contributed by atoms with Crippen LogP contribution in [0.1, 0.15) is 136 Å². The van der Waals surface area contributed by atoms with Gasteiger partial charge in [0.1, 0.15) is 24.2 Å². The summed E-state index contributed by atoms with van der Waals surface area (Å²) >= 11 is 0. The Kier molecular flexibility index (Phi) is 30.0. The number of carbonyl (C=O) groups is 8. The Bertz CT molecular complexity index is 1300. The Morgan fingerprint density at radius 3 is 1.52 bits per heavy atom.